The Morgan fingerprint density at radius 1 is 1.12 bits per heavy atom. The minimum atomic E-state index is -0.725. The molecule has 25 heavy (non-hydrogen) atoms. The van der Waals surface area contributed by atoms with Crippen molar-refractivity contribution < 1.29 is 23.8 Å². The summed E-state index contributed by atoms with van der Waals surface area (Å²) < 4.78 is 15.1. The molecule has 0 aromatic heterocycles. The number of esters is 1. The Hall–Kier alpha value is -2.24. The molecule has 0 saturated carbocycles. The van der Waals surface area contributed by atoms with Crippen LogP contribution in [0.1, 0.15) is 54.9 Å². The van der Waals surface area contributed by atoms with Crippen molar-refractivity contribution in [3.8, 4) is 5.75 Å². The fourth-order valence-corrected chi connectivity index (χ4v) is 1.38. The van der Waals surface area contributed by atoms with Crippen LogP contribution in [0.3, 0.4) is 0 Å². The molecule has 1 aromatic rings. The summed E-state index contributed by atoms with van der Waals surface area (Å²) >= 11 is 0. The van der Waals surface area contributed by atoms with Gasteiger partial charge in [-0.15, -0.1) is 0 Å². The largest absolute Gasteiger partial charge is 0.487 e. The molecule has 0 radical (unpaired) electrons. The number of benzene rings is 1. The number of carbonyl (C=O) groups is 2. The standard InChI is InChI=1S/C12H16O3.C5H11NO2.C2H6/c1-3-12(13)14-9-10(2)15-11-7-5-4-6-8-11;1-5(2,3)8-4(6)7;1-2/h4-8,10H,3,9H2,1-2H3;1-3H3,(H2,6,7);1-2H3. The first kappa shape index (κ1) is 25.0. The van der Waals surface area contributed by atoms with Gasteiger partial charge in [-0.25, -0.2) is 4.79 Å². The fourth-order valence-electron chi connectivity index (χ4n) is 1.38. The van der Waals surface area contributed by atoms with Crippen molar-refractivity contribution in [1.82, 2.24) is 0 Å². The first-order valence-electron chi connectivity index (χ1n) is 8.49. The summed E-state index contributed by atoms with van der Waals surface area (Å²) in [6.07, 6.45) is -0.446. The van der Waals surface area contributed by atoms with Gasteiger partial charge >= 0.3 is 12.1 Å². The number of primary amides is 1. The molecule has 0 bridgehead atoms. The zero-order valence-electron chi connectivity index (χ0n) is 16.5. The van der Waals surface area contributed by atoms with E-state index in [0.29, 0.717) is 13.0 Å². The maximum absolute atomic E-state index is 10.9. The Bertz CT molecular complexity index is 468. The van der Waals surface area contributed by atoms with Crippen LogP contribution < -0.4 is 10.5 Å². The Morgan fingerprint density at radius 3 is 2.00 bits per heavy atom. The number of hydrogen-bond acceptors (Lipinski definition) is 5. The SMILES string of the molecule is CC.CC(C)(C)OC(N)=O.CCC(=O)OCC(C)Oc1ccccc1. The third kappa shape index (κ3) is 17.9. The molecule has 0 fully saturated rings. The van der Waals surface area contributed by atoms with Crippen LogP contribution in [0.5, 0.6) is 5.75 Å². The highest BCUT2D eigenvalue weighted by Gasteiger charge is 2.12. The second-order valence-corrected chi connectivity index (χ2v) is 5.81. The molecule has 0 aliphatic heterocycles. The molecule has 1 aromatic carbocycles. The van der Waals surface area contributed by atoms with Crippen molar-refractivity contribution in [2.45, 2.75) is 66.6 Å². The van der Waals surface area contributed by atoms with Gasteiger partial charge in [-0.3, -0.25) is 4.79 Å². The smallest absolute Gasteiger partial charge is 0.405 e. The maximum atomic E-state index is 10.9. The van der Waals surface area contributed by atoms with E-state index in [9.17, 15) is 9.59 Å². The molecule has 1 amide bonds. The molecule has 0 spiro atoms. The molecule has 1 atom stereocenters. The number of nitrogens with two attached hydrogens (primary N) is 1. The minimum Gasteiger partial charge on any atom is -0.487 e. The lowest BCUT2D eigenvalue weighted by Crippen LogP contribution is -2.27. The molecule has 1 rings (SSSR count). The van der Waals surface area contributed by atoms with Gasteiger partial charge in [-0.2, -0.15) is 0 Å². The lowest BCUT2D eigenvalue weighted by molar-refractivity contribution is -0.145. The number of carbonyl (C=O) groups excluding carboxylic acids is 2. The molecule has 0 saturated heterocycles. The number of rotatable bonds is 5. The van der Waals surface area contributed by atoms with E-state index in [1.807, 2.05) is 51.1 Å². The summed E-state index contributed by atoms with van der Waals surface area (Å²) in [4.78, 5) is 20.9. The summed E-state index contributed by atoms with van der Waals surface area (Å²) in [5, 5.41) is 0. The molecule has 1 unspecified atom stereocenters. The van der Waals surface area contributed by atoms with Crippen LogP contribution in [0.25, 0.3) is 0 Å². The van der Waals surface area contributed by atoms with E-state index in [2.05, 4.69) is 4.74 Å². The quantitative estimate of drug-likeness (QED) is 0.795. The van der Waals surface area contributed by atoms with Crippen LogP contribution in [-0.4, -0.2) is 30.4 Å². The van der Waals surface area contributed by atoms with Gasteiger partial charge in [0.25, 0.3) is 0 Å². The first-order chi connectivity index (χ1) is 11.6. The molecular formula is C19H33NO5. The molecule has 6 nitrogen and oxygen atoms in total. The number of amides is 1. The van der Waals surface area contributed by atoms with E-state index in [0.717, 1.165) is 5.75 Å². The van der Waals surface area contributed by atoms with Gasteiger partial charge in [0.2, 0.25) is 0 Å². The molecule has 144 valence electrons. The normalized spacial score (nSPS) is 10.8. The molecule has 6 heteroatoms. The average molecular weight is 355 g/mol. The van der Waals surface area contributed by atoms with Gasteiger partial charge in [-0.1, -0.05) is 39.0 Å². The van der Waals surface area contributed by atoms with E-state index >= 15 is 0 Å². The summed E-state index contributed by atoms with van der Waals surface area (Å²) in [6, 6.07) is 9.48. The maximum Gasteiger partial charge on any atom is 0.405 e. The van der Waals surface area contributed by atoms with Crippen LogP contribution in [0, 0.1) is 0 Å². The van der Waals surface area contributed by atoms with Crippen LogP contribution in [-0.2, 0) is 14.3 Å². The van der Waals surface area contributed by atoms with Crippen LogP contribution in [0.4, 0.5) is 4.79 Å². The van der Waals surface area contributed by atoms with Crippen molar-refractivity contribution in [1.29, 1.82) is 0 Å². The second kappa shape index (κ2) is 14.1. The number of hydrogen-bond donors (Lipinski definition) is 1. The predicted octanol–water partition coefficient (Wildman–Crippen LogP) is 4.31. The van der Waals surface area contributed by atoms with Crippen molar-refractivity contribution in [2.75, 3.05) is 6.61 Å². The summed E-state index contributed by atoms with van der Waals surface area (Å²) in [6.45, 7) is 13.2. The van der Waals surface area contributed by atoms with Crippen molar-refractivity contribution >= 4 is 12.1 Å². The molecule has 0 heterocycles. The minimum absolute atomic E-state index is 0.122. The lowest BCUT2D eigenvalue weighted by Gasteiger charge is -2.16. The third-order valence-electron chi connectivity index (χ3n) is 2.25. The Kier molecular flexibility index (Phi) is 14.1. The van der Waals surface area contributed by atoms with E-state index in [4.69, 9.17) is 15.2 Å². The molecule has 0 aliphatic rings. The first-order valence-corrected chi connectivity index (χ1v) is 8.49. The molecule has 2 N–H and O–H groups in total. The summed E-state index contributed by atoms with van der Waals surface area (Å²) in [7, 11) is 0. The molecule has 0 aliphatic carbocycles. The summed E-state index contributed by atoms with van der Waals surface area (Å²) in [5.74, 6) is 0.594. The summed E-state index contributed by atoms with van der Waals surface area (Å²) in [5.41, 5.74) is 4.26. The number of ether oxygens (including phenoxy) is 3. The van der Waals surface area contributed by atoms with Crippen LogP contribution in [0.15, 0.2) is 30.3 Å². The highest BCUT2D eigenvalue weighted by atomic mass is 16.6. The van der Waals surface area contributed by atoms with E-state index in [1.165, 1.54) is 0 Å². The third-order valence-corrected chi connectivity index (χ3v) is 2.25. The predicted molar refractivity (Wildman–Crippen MR) is 99.6 cm³/mol. The van der Waals surface area contributed by atoms with Gasteiger partial charge in [0.15, 0.2) is 0 Å². The fraction of sp³-hybridized carbons (Fsp3) is 0.579. The highest BCUT2D eigenvalue weighted by Crippen LogP contribution is 2.10. The Balaban J connectivity index is 0. The monoisotopic (exact) mass is 355 g/mol. The lowest BCUT2D eigenvalue weighted by atomic mass is 10.2. The van der Waals surface area contributed by atoms with E-state index in [1.54, 1.807) is 27.7 Å². The topological polar surface area (TPSA) is 87.9 Å². The van der Waals surface area contributed by atoms with E-state index < -0.39 is 11.7 Å². The second-order valence-electron chi connectivity index (χ2n) is 5.81. The van der Waals surface area contributed by atoms with Gasteiger partial charge in [0.1, 0.15) is 24.1 Å². The van der Waals surface area contributed by atoms with Crippen molar-refractivity contribution in [3.63, 3.8) is 0 Å². The highest BCUT2D eigenvalue weighted by molar-refractivity contribution is 5.68. The van der Waals surface area contributed by atoms with Crippen molar-refractivity contribution in [3.05, 3.63) is 30.3 Å². The van der Waals surface area contributed by atoms with Gasteiger partial charge in [0, 0.05) is 6.42 Å². The van der Waals surface area contributed by atoms with Crippen molar-refractivity contribution in [2.24, 2.45) is 5.73 Å². The number of para-hydroxylation sites is 1. The van der Waals surface area contributed by atoms with Gasteiger partial charge < -0.3 is 19.9 Å². The van der Waals surface area contributed by atoms with Crippen LogP contribution >= 0.6 is 0 Å². The van der Waals surface area contributed by atoms with Gasteiger partial charge in [0.05, 0.1) is 0 Å². The zero-order chi connectivity index (χ0) is 19.9. The van der Waals surface area contributed by atoms with Gasteiger partial charge in [-0.05, 0) is 39.8 Å². The Morgan fingerprint density at radius 2 is 1.64 bits per heavy atom. The van der Waals surface area contributed by atoms with E-state index in [-0.39, 0.29) is 12.1 Å². The average Bonchev–Trinajstić information content (AvgIpc) is 2.53. The van der Waals surface area contributed by atoms with Crippen LogP contribution in [0.2, 0.25) is 0 Å². The molecular weight excluding hydrogens is 322 g/mol. The zero-order valence-corrected chi connectivity index (χ0v) is 16.5. The Labute approximate surface area is 151 Å².